The highest BCUT2D eigenvalue weighted by Crippen LogP contribution is 2.15. The molecule has 9 heavy (non-hydrogen) atoms. The molecule has 0 fully saturated rings. The van der Waals surface area contributed by atoms with Crippen LogP contribution in [0.1, 0.15) is 33.6 Å². The van der Waals surface area contributed by atoms with Crippen molar-refractivity contribution in [3.8, 4) is 0 Å². The Morgan fingerprint density at radius 1 is 1.22 bits per heavy atom. The SMILES string of the molecule is CC[C@H](C)CC(C)CBr. The molecule has 0 aliphatic rings. The minimum atomic E-state index is 0.847. The maximum Gasteiger partial charge on any atom is 0.00571 e. The van der Waals surface area contributed by atoms with Crippen molar-refractivity contribution in [3.63, 3.8) is 0 Å². The lowest BCUT2D eigenvalue weighted by Crippen LogP contribution is -2.02. The van der Waals surface area contributed by atoms with E-state index in [1.54, 1.807) is 0 Å². The van der Waals surface area contributed by atoms with Crippen molar-refractivity contribution in [1.82, 2.24) is 0 Å². The van der Waals surface area contributed by atoms with E-state index >= 15 is 0 Å². The lowest BCUT2D eigenvalue weighted by Gasteiger charge is -2.12. The van der Waals surface area contributed by atoms with Gasteiger partial charge in [0.1, 0.15) is 0 Å². The van der Waals surface area contributed by atoms with E-state index in [0.29, 0.717) is 0 Å². The average molecular weight is 193 g/mol. The highest BCUT2D eigenvalue weighted by Gasteiger charge is 2.04. The Labute approximate surface area is 67.2 Å². The van der Waals surface area contributed by atoms with Gasteiger partial charge < -0.3 is 0 Å². The van der Waals surface area contributed by atoms with E-state index in [0.717, 1.165) is 17.2 Å². The van der Waals surface area contributed by atoms with E-state index in [1.165, 1.54) is 12.8 Å². The fraction of sp³-hybridized carbons (Fsp3) is 1.00. The summed E-state index contributed by atoms with van der Waals surface area (Å²) < 4.78 is 0. The summed E-state index contributed by atoms with van der Waals surface area (Å²) in [6.45, 7) is 6.87. The van der Waals surface area contributed by atoms with Crippen molar-refractivity contribution >= 4 is 15.9 Å². The Kier molecular flexibility index (Phi) is 5.56. The van der Waals surface area contributed by atoms with Gasteiger partial charge in [0.05, 0.1) is 0 Å². The summed E-state index contributed by atoms with van der Waals surface area (Å²) in [6, 6.07) is 0. The van der Waals surface area contributed by atoms with Gasteiger partial charge in [0, 0.05) is 5.33 Å². The van der Waals surface area contributed by atoms with E-state index in [1.807, 2.05) is 0 Å². The summed E-state index contributed by atoms with van der Waals surface area (Å²) in [4.78, 5) is 0. The van der Waals surface area contributed by atoms with Crippen molar-refractivity contribution in [2.45, 2.75) is 33.6 Å². The number of rotatable bonds is 4. The largest absolute Gasteiger partial charge is 0.0925 e. The molecule has 56 valence electrons. The predicted octanol–water partition coefficient (Wildman–Crippen LogP) is 3.45. The van der Waals surface area contributed by atoms with Crippen LogP contribution in [0.15, 0.2) is 0 Å². The van der Waals surface area contributed by atoms with Gasteiger partial charge in [-0.15, -0.1) is 0 Å². The van der Waals surface area contributed by atoms with E-state index in [4.69, 9.17) is 0 Å². The number of hydrogen-bond acceptors (Lipinski definition) is 0. The molecule has 0 aromatic carbocycles. The second kappa shape index (κ2) is 5.28. The van der Waals surface area contributed by atoms with Gasteiger partial charge in [-0.3, -0.25) is 0 Å². The van der Waals surface area contributed by atoms with Crippen LogP contribution in [0, 0.1) is 11.8 Å². The number of alkyl halides is 1. The Morgan fingerprint density at radius 3 is 2.11 bits per heavy atom. The molecule has 0 saturated heterocycles. The molecular weight excluding hydrogens is 176 g/mol. The molecule has 0 spiro atoms. The Hall–Kier alpha value is 0.480. The molecule has 0 aliphatic carbocycles. The first-order valence-electron chi connectivity index (χ1n) is 3.76. The topological polar surface area (TPSA) is 0 Å². The maximum absolute atomic E-state index is 3.47. The van der Waals surface area contributed by atoms with Gasteiger partial charge in [-0.2, -0.15) is 0 Å². The van der Waals surface area contributed by atoms with Gasteiger partial charge in [-0.05, 0) is 18.3 Å². The van der Waals surface area contributed by atoms with Crippen LogP contribution in [0.4, 0.5) is 0 Å². The van der Waals surface area contributed by atoms with E-state index in [9.17, 15) is 0 Å². The molecule has 0 aromatic heterocycles. The lowest BCUT2D eigenvalue weighted by molar-refractivity contribution is 0.434. The van der Waals surface area contributed by atoms with Gasteiger partial charge >= 0.3 is 0 Å². The Balaban J connectivity index is 3.22. The molecule has 0 N–H and O–H groups in total. The van der Waals surface area contributed by atoms with E-state index in [-0.39, 0.29) is 0 Å². The van der Waals surface area contributed by atoms with Crippen LogP contribution in [0.5, 0.6) is 0 Å². The molecule has 0 rings (SSSR count). The molecule has 1 heteroatoms. The zero-order chi connectivity index (χ0) is 7.28. The van der Waals surface area contributed by atoms with Crippen LogP contribution in [0.2, 0.25) is 0 Å². The normalized spacial score (nSPS) is 17.3. The van der Waals surface area contributed by atoms with Crippen molar-refractivity contribution in [2.75, 3.05) is 5.33 Å². The minimum absolute atomic E-state index is 0.847. The van der Waals surface area contributed by atoms with Crippen LogP contribution < -0.4 is 0 Å². The smallest absolute Gasteiger partial charge is 0.00571 e. The van der Waals surface area contributed by atoms with Crippen molar-refractivity contribution in [1.29, 1.82) is 0 Å². The summed E-state index contributed by atoms with van der Waals surface area (Å²) in [5.74, 6) is 1.75. The molecule has 0 saturated carbocycles. The van der Waals surface area contributed by atoms with Crippen molar-refractivity contribution < 1.29 is 0 Å². The monoisotopic (exact) mass is 192 g/mol. The van der Waals surface area contributed by atoms with Gasteiger partial charge in [0.15, 0.2) is 0 Å². The van der Waals surface area contributed by atoms with Crippen LogP contribution in [-0.4, -0.2) is 5.33 Å². The molecule has 0 bridgehead atoms. The lowest BCUT2D eigenvalue weighted by atomic mass is 9.97. The summed E-state index contributed by atoms with van der Waals surface area (Å²) in [6.07, 6.45) is 2.68. The van der Waals surface area contributed by atoms with Gasteiger partial charge in [0.25, 0.3) is 0 Å². The highest BCUT2D eigenvalue weighted by atomic mass is 79.9. The van der Waals surface area contributed by atoms with Crippen LogP contribution in [0.3, 0.4) is 0 Å². The first kappa shape index (κ1) is 9.48. The second-order valence-electron chi connectivity index (χ2n) is 3.01. The average Bonchev–Trinajstić information content (AvgIpc) is 1.87. The fourth-order valence-electron chi connectivity index (χ4n) is 0.917. The van der Waals surface area contributed by atoms with Crippen LogP contribution in [-0.2, 0) is 0 Å². The van der Waals surface area contributed by atoms with E-state index < -0.39 is 0 Å². The quantitative estimate of drug-likeness (QED) is 0.600. The first-order chi connectivity index (χ1) is 4.20. The van der Waals surface area contributed by atoms with Gasteiger partial charge in [0.2, 0.25) is 0 Å². The predicted molar refractivity (Wildman–Crippen MR) is 47.0 cm³/mol. The third-order valence-electron chi connectivity index (χ3n) is 1.77. The van der Waals surface area contributed by atoms with Gasteiger partial charge in [-0.25, -0.2) is 0 Å². The standard InChI is InChI=1S/C8H17Br/c1-4-7(2)5-8(3)6-9/h7-8H,4-6H2,1-3H3/t7-,8?/m0/s1. The molecule has 2 atom stereocenters. The molecule has 1 unspecified atom stereocenters. The fourth-order valence-corrected chi connectivity index (χ4v) is 1.18. The zero-order valence-electron chi connectivity index (χ0n) is 6.65. The van der Waals surface area contributed by atoms with Gasteiger partial charge in [-0.1, -0.05) is 43.1 Å². The third kappa shape index (κ3) is 4.95. The Bertz CT molecular complexity index is 53.6. The molecule has 0 radical (unpaired) electrons. The third-order valence-corrected chi connectivity index (χ3v) is 2.87. The maximum atomic E-state index is 3.47. The summed E-state index contributed by atoms with van der Waals surface area (Å²) >= 11 is 3.47. The molecule has 0 aromatic rings. The molecule has 0 nitrogen and oxygen atoms in total. The molecule has 0 aliphatic heterocycles. The molecular formula is C8H17Br. The Morgan fingerprint density at radius 2 is 1.78 bits per heavy atom. The minimum Gasteiger partial charge on any atom is -0.0925 e. The highest BCUT2D eigenvalue weighted by molar-refractivity contribution is 9.09. The zero-order valence-corrected chi connectivity index (χ0v) is 8.24. The summed E-state index contributed by atoms with van der Waals surface area (Å²) in [5.41, 5.74) is 0. The number of halogens is 1. The van der Waals surface area contributed by atoms with E-state index in [2.05, 4.69) is 36.7 Å². The van der Waals surface area contributed by atoms with Crippen LogP contribution >= 0.6 is 15.9 Å². The van der Waals surface area contributed by atoms with Crippen molar-refractivity contribution in [3.05, 3.63) is 0 Å². The summed E-state index contributed by atoms with van der Waals surface area (Å²) in [7, 11) is 0. The molecule has 0 amide bonds. The van der Waals surface area contributed by atoms with Crippen molar-refractivity contribution in [2.24, 2.45) is 11.8 Å². The second-order valence-corrected chi connectivity index (χ2v) is 3.66. The van der Waals surface area contributed by atoms with Crippen LogP contribution in [0.25, 0.3) is 0 Å². The summed E-state index contributed by atoms with van der Waals surface area (Å²) in [5, 5.41) is 1.15. The number of hydrogen-bond donors (Lipinski definition) is 0. The first-order valence-corrected chi connectivity index (χ1v) is 4.88. The molecule has 0 heterocycles.